The molecule has 0 fully saturated rings. The summed E-state index contributed by atoms with van der Waals surface area (Å²) in [5.41, 5.74) is 6.57. The van der Waals surface area contributed by atoms with Gasteiger partial charge in [0.15, 0.2) is 5.82 Å². The van der Waals surface area contributed by atoms with Gasteiger partial charge < -0.3 is 4.57 Å². The molecule has 0 saturated carbocycles. The van der Waals surface area contributed by atoms with Crippen molar-refractivity contribution < 1.29 is 0 Å². The van der Waals surface area contributed by atoms with Gasteiger partial charge in [0.1, 0.15) is 0 Å². The van der Waals surface area contributed by atoms with Crippen molar-refractivity contribution in [1.29, 1.82) is 0 Å². The van der Waals surface area contributed by atoms with Crippen LogP contribution < -0.4 is 0 Å². The van der Waals surface area contributed by atoms with Gasteiger partial charge in [-0.3, -0.25) is 9.13 Å². The summed E-state index contributed by atoms with van der Waals surface area (Å²) in [6.07, 6.45) is 2.16. The topological polar surface area (TPSA) is 40.6 Å². The van der Waals surface area contributed by atoms with Gasteiger partial charge in [-0.1, -0.05) is 97.1 Å². The van der Waals surface area contributed by atoms with Gasteiger partial charge in [-0.05, 0) is 53.9 Å². The Morgan fingerprint density at radius 1 is 0.442 bits per heavy atom. The van der Waals surface area contributed by atoms with Crippen molar-refractivity contribution in [3.63, 3.8) is 0 Å². The summed E-state index contributed by atoms with van der Waals surface area (Å²) in [4.78, 5) is 0. The van der Waals surface area contributed by atoms with Crippen molar-refractivity contribution in [3.05, 3.63) is 152 Å². The van der Waals surface area contributed by atoms with Crippen LogP contribution in [-0.2, 0) is 0 Å². The second-order valence-electron chi connectivity index (χ2n) is 10.8. The Morgan fingerprint density at radius 2 is 1.14 bits per heavy atom. The highest BCUT2D eigenvalue weighted by Crippen LogP contribution is 2.39. The number of benzene rings is 6. The first-order valence-electron chi connectivity index (χ1n) is 14.4. The van der Waals surface area contributed by atoms with Crippen molar-refractivity contribution in [2.24, 2.45) is 0 Å². The minimum absolute atomic E-state index is 0.755. The van der Waals surface area contributed by atoms with Crippen LogP contribution in [0.4, 0.5) is 0 Å². The Labute approximate surface area is 247 Å². The van der Waals surface area contributed by atoms with Crippen LogP contribution in [-0.4, -0.2) is 23.9 Å². The van der Waals surface area contributed by atoms with Crippen molar-refractivity contribution in [2.45, 2.75) is 0 Å². The molecule has 0 bridgehead atoms. The van der Waals surface area contributed by atoms with Gasteiger partial charge in [-0.25, -0.2) is 0 Å². The Bertz CT molecular complexity index is 2430. The zero-order valence-corrected chi connectivity index (χ0v) is 23.2. The van der Waals surface area contributed by atoms with Crippen LogP contribution in [0.1, 0.15) is 0 Å². The third-order valence-corrected chi connectivity index (χ3v) is 8.39. The van der Waals surface area contributed by atoms with E-state index in [9.17, 15) is 0 Å². The summed E-state index contributed by atoms with van der Waals surface area (Å²) in [5.74, 6) is 1.56. The van der Waals surface area contributed by atoms with Crippen molar-refractivity contribution in [3.8, 4) is 28.7 Å². The standard InChI is InChI=1S/C38H25N5/c1-4-12-26(13-5-1)37-39-40-38(42(37)30-16-8-3-9-17-30)43-34-19-11-10-18-31(34)32-21-20-27-25-35-28(24-33(27)36(32)43)22-23-41(35)29-14-6-2-7-15-29/h1-25H. The summed E-state index contributed by atoms with van der Waals surface area (Å²) >= 11 is 0. The predicted octanol–water partition coefficient (Wildman–Crippen LogP) is 9.13. The number of nitrogens with zero attached hydrogens (tertiary/aromatic N) is 5. The van der Waals surface area contributed by atoms with Gasteiger partial charge in [-0.15, -0.1) is 10.2 Å². The van der Waals surface area contributed by atoms with Crippen molar-refractivity contribution in [2.75, 3.05) is 0 Å². The number of aromatic nitrogens is 5. The molecule has 43 heavy (non-hydrogen) atoms. The van der Waals surface area contributed by atoms with Crippen LogP contribution in [0.2, 0.25) is 0 Å². The molecule has 5 nitrogen and oxygen atoms in total. The highest BCUT2D eigenvalue weighted by Gasteiger charge is 2.23. The van der Waals surface area contributed by atoms with Crippen LogP contribution in [0.5, 0.6) is 0 Å². The van der Waals surface area contributed by atoms with E-state index in [1.165, 1.54) is 32.4 Å². The molecule has 0 aliphatic carbocycles. The fourth-order valence-electron chi connectivity index (χ4n) is 6.44. The molecule has 202 valence electrons. The van der Waals surface area contributed by atoms with Gasteiger partial charge in [0.25, 0.3) is 0 Å². The van der Waals surface area contributed by atoms with Crippen LogP contribution >= 0.6 is 0 Å². The van der Waals surface area contributed by atoms with E-state index < -0.39 is 0 Å². The third-order valence-electron chi connectivity index (χ3n) is 8.39. The lowest BCUT2D eigenvalue weighted by atomic mass is 10.0. The molecule has 0 unspecified atom stereocenters. The summed E-state index contributed by atoms with van der Waals surface area (Å²) in [6, 6.07) is 51.1. The molecule has 9 rings (SSSR count). The van der Waals surface area contributed by atoms with Crippen LogP contribution in [0, 0.1) is 0 Å². The van der Waals surface area contributed by atoms with Gasteiger partial charge >= 0.3 is 0 Å². The van der Waals surface area contributed by atoms with E-state index >= 15 is 0 Å². The Balaban J connectivity index is 1.39. The van der Waals surface area contributed by atoms with E-state index in [1.54, 1.807) is 0 Å². The summed E-state index contributed by atoms with van der Waals surface area (Å²) in [7, 11) is 0. The zero-order chi connectivity index (χ0) is 28.3. The predicted molar refractivity (Wildman–Crippen MR) is 175 cm³/mol. The summed E-state index contributed by atoms with van der Waals surface area (Å²) in [5, 5.41) is 15.6. The molecule has 0 radical (unpaired) electrons. The van der Waals surface area contributed by atoms with Gasteiger partial charge in [0.2, 0.25) is 5.95 Å². The molecular formula is C38H25N5. The van der Waals surface area contributed by atoms with E-state index in [4.69, 9.17) is 10.2 Å². The van der Waals surface area contributed by atoms with E-state index in [-0.39, 0.29) is 0 Å². The fraction of sp³-hybridized carbons (Fsp3) is 0. The molecule has 9 aromatic rings. The van der Waals surface area contributed by atoms with Crippen molar-refractivity contribution >= 4 is 43.5 Å². The Hall–Kier alpha value is -5.94. The summed E-state index contributed by atoms with van der Waals surface area (Å²) in [6.45, 7) is 0. The Kier molecular flexibility index (Phi) is 5.13. The smallest absolute Gasteiger partial charge is 0.241 e. The molecule has 5 heteroatoms. The first-order valence-corrected chi connectivity index (χ1v) is 14.4. The maximum absolute atomic E-state index is 4.90. The summed E-state index contributed by atoms with van der Waals surface area (Å²) < 4.78 is 6.72. The first kappa shape index (κ1) is 23.7. The lowest BCUT2D eigenvalue weighted by Crippen LogP contribution is -2.07. The molecule has 0 amide bonds. The van der Waals surface area contributed by atoms with Crippen LogP contribution in [0.25, 0.3) is 72.2 Å². The van der Waals surface area contributed by atoms with E-state index in [2.05, 4.69) is 141 Å². The lowest BCUT2D eigenvalue weighted by molar-refractivity contribution is 0.935. The minimum Gasteiger partial charge on any atom is -0.317 e. The average Bonchev–Trinajstić information content (AvgIpc) is 3.78. The molecule has 0 atom stereocenters. The number of para-hydroxylation sites is 3. The number of hydrogen-bond donors (Lipinski definition) is 0. The van der Waals surface area contributed by atoms with Crippen molar-refractivity contribution in [1.82, 2.24) is 23.9 Å². The SMILES string of the molecule is c1ccc(-c2nnc(-n3c4ccccc4c4ccc5cc6c(ccn6-c6ccccc6)cc5c43)n2-c2ccccc2)cc1. The molecule has 3 heterocycles. The number of hydrogen-bond acceptors (Lipinski definition) is 2. The average molecular weight is 552 g/mol. The van der Waals surface area contributed by atoms with Crippen LogP contribution in [0.15, 0.2) is 152 Å². The second-order valence-corrected chi connectivity index (χ2v) is 10.8. The lowest BCUT2D eigenvalue weighted by Gasteiger charge is -2.14. The maximum atomic E-state index is 4.90. The van der Waals surface area contributed by atoms with E-state index in [0.29, 0.717) is 0 Å². The highest BCUT2D eigenvalue weighted by molar-refractivity contribution is 6.20. The van der Waals surface area contributed by atoms with E-state index in [1.807, 2.05) is 24.3 Å². The minimum atomic E-state index is 0.755. The Morgan fingerprint density at radius 3 is 1.93 bits per heavy atom. The molecule has 0 N–H and O–H groups in total. The molecule has 0 aliphatic rings. The maximum Gasteiger partial charge on any atom is 0.241 e. The van der Waals surface area contributed by atoms with Gasteiger partial charge in [0.05, 0.1) is 22.2 Å². The first-order chi connectivity index (χ1) is 21.3. The third kappa shape index (κ3) is 3.58. The normalized spacial score (nSPS) is 11.7. The zero-order valence-electron chi connectivity index (χ0n) is 23.2. The van der Waals surface area contributed by atoms with Gasteiger partial charge in [-0.2, -0.15) is 0 Å². The highest BCUT2D eigenvalue weighted by atomic mass is 15.4. The second kappa shape index (κ2) is 9.29. The van der Waals surface area contributed by atoms with Crippen LogP contribution in [0.3, 0.4) is 0 Å². The molecule has 3 aromatic heterocycles. The monoisotopic (exact) mass is 551 g/mol. The van der Waals surface area contributed by atoms with E-state index in [0.717, 1.165) is 39.7 Å². The molecule has 0 aliphatic heterocycles. The number of rotatable bonds is 4. The van der Waals surface area contributed by atoms with Gasteiger partial charge in [0, 0.05) is 39.0 Å². The molecule has 6 aromatic carbocycles. The molecule has 0 spiro atoms. The quantitative estimate of drug-likeness (QED) is 0.219. The molecular weight excluding hydrogens is 526 g/mol. The molecule has 0 saturated heterocycles. The largest absolute Gasteiger partial charge is 0.317 e. The fourth-order valence-corrected chi connectivity index (χ4v) is 6.44. The number of fused-ring (bicyclic) bond motifs is 6.